The van der Waals surface area contributed by atoms with Gasteiger partial charge in [0.2, 0.25) is 0 Å². The summed E-state index contributed by atoms with van der Waals surface area (Å²) in [6.07, 6.45) is 5.45. The summed E-state index contributed by atoms with van der Waals surface area (Å²) in [5.41, 5.74) is 0.747. The quantitative estimate of drug-likeness (QED) is 0.333. The summed E-state index contributed by atoms with van der Waals surface area (Å²) in [6.45, 7) is 7.56. The van der Waals surface area contributed by atoms with Gasteiger partial charge >= 0.3 is 0 Å². The Kier molecular flexibility index (Phi) is 7.40. The molecule has 2 heterocycles. The predicted octanol–water partition coefficient (Wildman–Crippen LogP) is 4.68. The van der Waals surface area contributed by atoms with E-state index in [0.29, 0.717) is 45.5 Å². The minimum absolute atomic E-state index is 0.0575. The molecule has 150 valence electrons. The van der Waals surface area contributed by atoms with Crippen molar-refractivity contribution in [2.45, 2.75) is 25.9 Å². The van der Waals surface area contributed by atoms with Gasteiger partial charge in [0.25, 0.3) is 5.91 Å². The van der Waals surface area contributed by atoms with Crippen LogP contribution in [0.15, 0.2) is 29.7 Å². The Morgan fingerprint density at radius 3 is 2.96 bits per heavy atom. The summed E-state index contributed by atoms with van der Waals surface area (Å²) in [5, 5.41) is 0.411. The smallest absolute Gasteiger partial charge is 0.266 e. The molecule has 0 saturated carbocycles. The first kappa shape index (κ1) is 21.2. The summed E-state index contributed by atoms with van der Waals surface area (Å²) >= 11 is 13.1. The van der Waals surface area contributed by atoms with E-state index in [1.165, 1.54) is 11.8 Å². The molecular formula is C20H22ClNO4S2. The Balaban J connectivity index is 1.82. The molecule has 2 saturated heterocycles. The molecule has 0 bridgehead atoms. The average Bonchev–Trinajstić information content (AvgIpc) is 3.26. The van der Waals surface area contributed by atoms with E-state index in [1.807, 2.05) is 6.92 Å². The van der Waals surface area contributed by atoms with Crippen molar-refractivity contribution >= 4 is 51.9 Å². The van der Waals surface area contributed by atoms with Gasteiger partial charge in [-0.25, -0.2) is 0 Å². The van der Waals surface area contributed by atoms with Crippen molar-refractivity contribution in [2.24, 2.45) is 0 Å². The second kappa shape index (κ2) is 9.78. The summed E-state index contributed by atoms with van der Waals surface area (Å²) in [6, 6.07) is 3.55. The lowest BCUT2D eigenvalue weighted by Gasteiger charge is -2.18. The van der Waals surface area contributed by atoms with Gasteiger partial charge in [0, 0.05) is 6.61 Å². The molecule has 0 spiro atoms. The van der Waals surface area contributed by atoms with Crippen LogP contribution in [0.25, 0.3) is 6.08 Å². The van der Waals surface area contributed by atoms with Crippen LogP contribution in [-0.4, -0.2) is 47.6 Å². The summed E-state index contributed by atoms with van der Waals surface area (Å²) < 4.78 is 17.5. The van der Waals surface area contributed by atoms with E-state index < -0.39 is 0 Å². The maximum atomic E-state index is 12.8. The first-order valence-electron chi connectivity index (χ1n) is 9.10. The minimum Gasteiger partial charge on any atom is -0.490 e. The van der Waals surface area contributed by atoms with Crippen molar-refractivity contribution in [1.29, 1.82) is 0 Å². The number of hydrogen-bond acceptors (Lipinski definition) is 6. The summed E-state index contributed by atoms with van der Waals surface area (Å²) in [4.78, 5) is 15.0. The lowest BCUT2D eigenvalue weighted by molar-refractivity contribution is -0.123. The molecule has 2 fully saturated rings. The normalized spacial score (nSPS) is 20.9. The standard InChI is InChI=1S/C20H22ClNO4S2/c1-3-7-26-18-15(21)9-13(10-16(18)24-4-2)11-17-19(23)22(20(27)28-17)12-14-6-5-8-25-14/h3,9-11,14H,1,4-8,12H2,2H3/b17-11-/t14-/m0/s1. The first-order chi connectivity index (χ1) is 13.5. The highest BCUT2D eigenvalue weighted by atomic mass is 35.5. The Labute approximate surface area is 179 Å². The molecule has 0 N–H and O–H groups in total. The number of halogens is 1. The largest absolute Gasteiger partial charge is 0.490 e. The fraction of sp³-hybridized carbons (Fsp3) is 0.400. The van der Waals surface area contributed by atoms with Crippen LogP contribution in [0.1, 0.15) is 25.3 Å². The second-order valence-corrected chi connectivity index (χ2v) is 8.37. The molecular weight excluding hydrogens is 418 g/mol. The topological polar surface area (TPSA) is 48.0 Å². The molecule has 0 aromatic heterocycles. The lowest BCUT2D eigenvalue weighted by Crippen LogP contribution is -2.35. The maximum absolute atomic E-state index is 12.8. The lowest BCUT2D eigenvalue weighted by atomic mass is 10.1. The van der Waals surface area contributed by atoms with E-state index in [0.717, 1.165) is 25.0 Å². The number of benzene rings is 1. The number of hydrogen-bond donors (Lipinski definition) is 0. The van der Waals surface area contributed by atoms with Gasteiger partial charge in [-0.1, -0.05) is 48.2 Å². The fourth-order valence-corrected chi connectivity index (χ4v) is 4.57. The second-order valence-electron chi connectivity index (χ2n) is 6.29. The predicted molar refractivity (Wildman–Crippen MR) is 117 cm³/mol. The van der Waals surface area contributed by atoms with Crippen LogP contribution in [0, 0.1) is 0 Å². The van der Waals surface area contributed by atoms with E-state index in [9.17, 15) is 4.79 Å². The van der Waals surface area contributed by atoms with Gasteiger partial charge in [-0.15, -0.1) is 0 Å². The monoisotopic (exact) mass is 439 g/mol. The molecule has 5 nitrogen and oxygen atoms in total. The van der Waals surface area contributed by atoms with E-state index in [2.05, 4.69) is 6.58 Å². The Morgan fingerprint density at radius 1 is 1.46 bits per heavy atom. The van der Waals surface area contributed by atoms with E-state index in [-0.39, 0.29) is 12.0 Å². The third-order valence-corrected chi connectivity index (χ3v) is 5.92. The van der Waals surface area contributed by atoms with Crippen molar-refractivity contribution in [3.63, 3.8) is 0 Å². The SMILES string of the molecule is C=CCOc1c(Cl)cc(/C=C2\SC(=S)N(C[C@@H]3CCCO3)C2=O)cc1OCC. The molecule has 0 unspecified atom stereocenters. The molecule has 0 aliphatic carbocycles. The zero-order chi connectivity index (χ0) is 20.1. The Morgan fingerprint density at radius 2 is 2.29 bits per heavy atom. The van der Waals surface area contributed by atoms with Gasteiger partial charge < -0.3 is 14.2 Å². The number of carbonyl (C=O) groups is 1. The van der Waals surface area contributed by atoms with Crippen LogP contribution in [0.5, 0.6) is 11.5 Å². The summed E-state index contributed by atoms with van der Waals surface area (Å²) in [5.74, 6) is 0.885. The number of thiocarbonyl (C=S) groups is 1. The number of nitrogens with zero attached hydrogens (tertiary/aromatic N) is 1. The van der Waals surface area contributed by atoms with E-state index in [4.69, 9.17) is 38.0 Å². The highest BCUT2D eigenvalue weighted by Gasteiger charge is 2.34. The minimum atomic E-state index is -0.105. The molecule has 2 aliphatic heterocycles. The third-order valence-electron chi connectivity index (χ3n) is 4.26. The van der Waals surface area contributed by atoms with Crippen molar-refractivity contribution in [3.05, 3.63) is 40.3 Å². The Hall–Kier alpha value is -1.54. The molecule has 1 atom stereocenters. The number of thioether (sulfide) groups is 1. The zero-order valence-electron chi connectivity index (χ0n) is 15.6. The van der Waals surface area contributed by atoms with E-state index in [1.54, 1.807) is 29.2 Å². The summed E-state index contributed by atoms with van der Waals surface area (Å²) in [7, 11) is 0. The number of carbonyl (C=O) groups excluding carboxylic acids is 1. The third kappa shape index (κ3) is 4.89. The molecule has 28 heavy (non-hydrogen) atoms. The van der Waals surface area contributed by atoms with Crippen LogP contribution in [0.2, 0.25) is 5.02 Å². The first-order valence-corrected chi connectivity index (χ1v) is 10.7. The highest BCUT2D eigenvalue weighted by Crippen LogP contribution is 2.39. The molecule has 0 radical (unpaired) electrons. The zero-order valence-corrected chi connectivity index (χ0v) is 18.0. The molecule has 1 amide bonds. The average molecular weight is 440 g/mol. The maximum Gasteiger partial charge on any atom is 0.266 e. The van der Waals surface area contributed by atoms with E-state index >= 15 is 0 Å². The van der Waals surface area contributed by atoms with Gasteiger partial charge in [0.15, 0.2) is 11.5 Å². The van der Waals surface area contributed by atoms with Gasteiger partial charge in [-0.2, -0.15) is 0 Å². The van der Waals surface area contributed by atoms with Gasteiger partial charge in [-0.05, 0) is 43.5 Å². The number of rotatable bonds is 8. The Bertz CT molecular complexity index is 806. The molecule has 1 aromatic carbocycles. The van der Waals surface area contributed by atoms with Gasteiger partial charge in [-0.3, -0.25) is 9.69 Å². The van der Waals surface area contributed by atoms with Crippen molar-refractivity contribution in [2.75, 3.05) is 26.4 Å². The van der Waals surface area contributed by atoms with Gasteiger partial charge in [0.05, 0.1) is 29.2 Å². The molecule has 8 heteroatoms. The fourth-order valence-electron chi connectivity index (χ4n) is 3.02. The molecule has 1 aromatic rings. The number of ether oxygens (including phenoxy) is 3. The van der Waals surface area contributed by atoms with Crippen LogP contribution >= 0.6 is 35.6 Å². The van der Waals surface area contributed by atoms with Crippen LogP contribution in [0.3, 0.4) is 0 Å². The molecule has 3 rings (SSSR count). The van der Waals surface area contributed by atoms with Crippen molar-refractivity contribution < 1.29 is 19.0 Å². The van der Waals surface area contributed by atoms with Crippen LogP contribution < -0.4 is 9.47 Å². The van der Waals surface area contributed by atoms with Crippen molar-refractivity contribution in [1.82, 2.24) is 4.90 Å². The van der Waals surface area contributed by atoms with Gasteiger partial charge in [0.1, 0.15) is 10.9 Å². The van der Waals surface area contributed by atoms with Crippen molar-refractivity contribution in [3.8, 4) is 11.5 Å². The highest BCUT2D eigenvalue weighted by molar-refractivity contribution is 8.26. The van der Waals surface area contributed by atoms with Crippen LogP contribution in [-0.2, 0) is 9.53 Å². The molecule has 2 aliphatic rings. The van der Waals surface area contributed by atoms with Crippen LogP contribution in [0.4, 0.5) is 0 Å². The number of amides is 1.